The number of likely N-dealkylation sites (N-methyl/N-ethyl adjacent to an activating group) is 1. The minimum absolute atomic E-state index is 0.146. The average Bonchev–Trinajstić information content (AvgIpc) is 3.22. The number of allylic oxidation sites excluding steroid dienone is 1. The molecule has 10 heteroatoms. The van der Waals surface area contributed by atoms with Crippen molar-refractivity contribution < 1.29 is 19.0 Å². The van der Waals surface area contributed by atoms with E-state index < -0.39 is 6.04 Å². The van der Waals surface area contributed by atoms with Crippen LogP contribution in [-0.2, 0) is 4.79 Å². The van der Waals surface area contributed by atoms with Crippen LogP contribution in [0.4, 0.5) is 0 Å². The monoisotopic (exact) mass is 613 g/mol. The Morgan fingerprint density at radius 1 is 1.13 bits per heavy atom. The zero-order chi connectivity index (χ0) is 28.3. The van der Waals surface area contributed by atoms with Crippen molar-refractivity contribution in [2.45, 2.75) is 33.7 Å². The number of rotatable bonds is 9. The van der Waals surface area contributed by atoms with E-state index in [0.29, 0.717) is 62.0 Å². The number of carbonyl (C=O) groups excluding carboxylic acids is 1. The standard InChI is InChI=1S/C29H32BrN3O5S/c1-7-32(8-2)28(35)24-17(4)31-29-33(25(24)19-12-10-11-13-21(19)36-5)27(34)23(39-29)16-18-14-20(30)26(37-6)22(15-18)38-9-3/h10-16,25H,7-9H2,1-6H3/b23-16+/t25-/m1/s1. The molecule has 4 rings (SSSR count). The van der Waals surface area contributed by atoms with Crippen molar-refractivity contribution in [2.75, 3.05) is 33.9 Å². The van der Waals surface area contributed by atoms with Gasteiger partial charge in [0, 0.05) is 18.7 Å². The van der Waals surface area contributed by atoms with Crippen LogP contribution in [0.1, 0.15) is 44.9 Å². The number of fused-ring (bicyclic) bond motifs is 1. The number of methoxy groups -OCH3 is 2. The Kier molecular flexibility index (Phi) is 8.97. The van der Waals surface area contributed by atoms with E-state index in [4.69, 9.17) is 19.2 Å². The molecule has 0 fully saturated rings. The fourth-order valence-electron chi connectivity index (χ4n) is 4.75. The van der Waals surface area contributed by atoms with Gasteiger partial charge in [-0.05, 0) is 73.5 Å². The molecule has 0 bridgehead atoms. The molecule has 39 heavy (non-hydrogen) atoms. The van der Waals surface area contributed by atoms with Crippen molar-refractivity contribution in [1.82, 2.24) is 9.47 Å². The van der Waals surface area contributed by atoms with Crippen LogP contribution in [0.25, 0.3) is 6.08 Å². The molecule has 0 spiro atoms. The van der Waals surface area contributed by atoms with Crippen LogP contribution in [-0.4, -0.2) is 49.3 Å². The molecule has 2 aromatic carbocycles. The number of benzene rings is 2. The minimum Gasteiger partial charge on any atom is -0.496 e. The lowest BCUT2D eigenvalue weighted by molar-refractivity contribution is -0.127. The summed E-state index contributed by atoms with van der Waals surface area (Å²) in [6.45, 7) is 9.16. The first-order valence-electron chi connectivity index (χ1n) is 12.7. The number of halogens is 1. The molecule has 1 atom stereocenters. The quantitative estimate of drug-likeness (QED) is 0.360. The third-order valence-corrected chi connectivity index (χ3v) is 8.14. The zero-order valence-corrected chi connectivity index (χ0v) is 25.3. The van der Waals surface area contributed by atoms with Gasteiger partial charge in [-0.15, -0.1) is 0 Å². The topological polar surface area (TPSA) is 82.4 Å². The highest BCUT2D eigenvalue weighted by Crippen LogP contribution is 2.37. The van der Waals surface area contributed by atoms with Crippen LogP contribution in [0.5, 0.6) is 17.2 Å². The second-order valence-electron chi connectivity index (χ2n) is 8.77. The van der Waals surface area contributed by atoms with E-state index >= 15 is 0 Å². The molecule has 1 aliphatic rings. The number of ether oxygens (including phenoxy) is 3. The lowest BCUT2D eigenvalue weighted by Crippen LogP contribution is -2.43. The molecular weight excluding hydrogens is 582 g/mol. The van der Waals surface area contributed by atoms with Crippen LogP contribution in [0, 0.1) is 0 Å². The van der Waals surface area contributed by atoms with Gasteiger partial charge in [-0.1, -0.05) is 29.5 Å². The van der Waals surface area contributed by atoms with Gasteiger partial charge in [0.25, 0.3) is 11.5 Å². The van der Waals surface area contributed by atoms with Crippen molar-refractivity contribution in [1.29, 1.82) is 0 Å². The van der Waals surface area contributed by atoms with Crippen LogP contribution < -0.4 is 29.1 Å². The Hall–Kier alpha value is -3.37. The Bertz CT molecular complexity index is 1600. The molecule has 2 heterocycles. The van der Waals surface area contributed by atoms with Gasteiger partial charge in [-0.2, -0.15) is 0 Å². The second-order valence-corrected chi connectivity index (χ2v) is 10.6. The lowest BCUT2D eigenvalue weighted by atomic mass is 9.94. The summed E-state index contributed by atoms with van der Waals surface area (Å²) in [6, 6.07) is 10.5. The van der Waals surface area contributed by atoms with Crippen molar-refractivity contribution >= 4 is 39.2 Å². The number of amides is 1. The summed E-state index contributed by atoms with van der Waals surface area (Å²) in [5.41, 5.74) is 2.30. The number of hydrogen-bond acceptors (Lipinski definition) is 7. The number of carbonyl (C=O) groups is 1. The molecule has 206 valence electrons. The van der Waals surface area contributed by atoms with E-state index in [0.717, 1.165) is 11.1 Å². The molecule has 1 amide bonds. The largest absolute Gasteiger partial charge is 0.496 e. The number of hydrogen-bond donors (Lipinski definition) is 0. The van der Waals surface area contributed by atoms with Gasteiger partial charge in [0.15, 0.2) is 16.3 Å². The Labute approximate surface area is 240 Å². The number of nitrogens with zero attached hydrogens (tertiary/aromatic N) is 3. The maximum absolute atomic E-state index is 14.0. The summed E-state index contributed by atoms with van der Waals surface area (Å²) in [5.74, 6) is 1.61. The van der Waals surface area contributed by atoms with Crippen LogP contribution in [0.2, 0.25) is 0 Å². The first-order valence-corrected chi connectivity index (χ1v) is 14.3. The highest BCUT2D eigenvalue weighted by Gasteiger charge is 2.35. The summed E-state index contributed by atoms with van der Waals surface area (Å²) >= 11 is 4.83. The Balaban J connectivity index is 1.98. The van der Waals surface area contributed by atoms with E-state index in [1.165, 1.54) is 11.3 Å². The van der Waals surface area contributed by atoms with Gasteiger partial charge < -0.3 is 19.1 Å². The van der Waals surface area contributed by atoms with Crippen molar-refractivity contribution in [3.63, 3.8) is 0 Å². The predicted molar refractivity (Wildman–Crippen MR) is 157 cm³/mol. The molecule has 0 aliphatic carbocycles. The number of para-hydroxylation sites is 1. The van der Waals surface area contributed by atoms with Gasteiger partial charge in [0.2, 0.25) is 0 Å². The van der Waals surface area contributed by atoms with Crippen molar-refractivity contribution in [3.05, 3.63) is 83.0 Å². The van der Waals surface area contributed by atoms with Gasteiger partial charge in [0.05, 0.1) is 41.1 Å². The molecule has 0 N–H and O–H groups in total. The summed E-state index contributed by atoms with van der Waals surface area (Å²) in [7, 11) is 3.17. The fraction of sp³-hybridized carbons (Fsp3) is 0.345. The first kappa shape index (κ1) is 28.6. The molecule has 8 nitrogen and oxygen atoms in total. The van der Waals surface area contributed by atoms with E-state index in [1.807, 2.05) is 64.1 Å². The third-order valence-electron chi connectivity index (χ3n) is 6.57. The SMILES string of the molecule is CCOc1cc(/C=c2/sc3n(c2=O)[C@H](c2ccccc2OC)C(C(=O)N(CC)CC)=C(C)N=3)cc(Br)c1OC. The van der Waals surface area contributed by atoms with Crippen LogP contribution >= 0.6 is 27.3 Å². The summed E-state index contributed by atoms with van der Waals surface area (Å²) in [4.78, 5) is 34.8. The second kappa shape index (κ2) is 12.2. The molecule has 0 radical (unpaired) electrons. The van der Waals surface area contributed by atoms with Gasteiger partial charge in [-0.3, -0.25) is 14.2 Å². The normalized spacial score (nSPS) is 15.1. The molecule has 1 aromatic heterocycles. The Morgan fingerprint density at radius 3 is 2.49 bits per heavy atom. The number of thiazole rings is 1. The van der Waals surface area contributed by atoms with E-state index in [-0.39, 0.29) is 11.5 Å². The van der Waals surface area contributed by atoms with Crippen LogP contribution in [0.3, 0.4) is 0 Å². The molecule has 0 unspecified atom stereocenters. The maximum Gasteiger partial charge on any atom is 0.271 e. The number of aromatic nitrogens is 1. The first-order chi connectivity index (χ1) is 18.8. The summed E-state index contributed by atoms with van der Waals surface area (Å²) < 4.78 is 19.7. The van der Waals surface area contributed by atoms with Crippen molar-refractivity contribution in [3.8, 4) is 17.2 Å². The Morgan fingerprint density at radius 2 is 1.85 bits per heavy atom. The van der Waals surface area contributed by atoms with E-state index in [2.05, 4.69) is 15.9 Å². The fourth-order valence-corrected chi connectivity index (χ4v) is 6.41. The lowest BCUT2D eigenvalue weighted by Gasteiger charge is -2.29. The van der Waals surface area contributed by atoms with Crippen LogP contribution in [0.15, 0.2) is 61.9 Å². The summed E-state index contributed by atoms with van der Waals surface area (Å²) in [5, 5.41) is 0. The average molecular weight is 615 g/mol. The highest BCUT2D eigenvalue weighted by molar-refractivity contribution is 9.10. The van der Waals surface area contributed by atoms with Gasteiger partial charge in [-0.25, -0.2) is 4.99 Å². The summed E-state index contributed by atoms with van der Waals surface area (Å²) in [6.07, 6.45) is 1.81. The van der Waals surface area contributed by atoms with E-state index in [1.54, 1.807) is 29.8 Å². The van der Waals surface area contributed by atoms with Gasteiger partial charge in [0.1, 0.15) is 11.8 Å². The molecular formula is C29H32BrN3O5S. The highest BCUT2D eigenvalue weighted by atomic mass is 79.9. The van der Waals surface area contributed by atoms with Crippen molar-refractivity contribution in [2.24, 2.45) is 4.99 Å². The minimum atomic E-state index is -0.686. The zero-order valence-electron chi connectivity index (χ0n) is 22.9. The molecule has 1 aliphatic heterocycles. The van der Waals surface area contributed by atoms with E-state index in [9.17, 15) is 9.59 Å². The smallest absolute Gasteiger partial charge is 0.271 e. The predicted octanol–water partition coefficient (Wildman–Crippen LogP) is 4.28. The molecule has 0 saturated carbocycles. The molecule has 3 aromatic rings. The third kappa shape index (κ3) is 5.40. The maximum atomic E-state index is 14.0. The van der Waals surface area contributed by atoms with Gasteiger partial charge >= 0.3 is 0 Å². The molecule has 0 saturated heterocycles.